The van der Waals surface area contributed by atoms with Crippen LogP contribution in [-0.4, -0.2) is 7.28 Å². The molecule has 0 spiro atoms. The van der Waals surface area contributed by atoms with Crippen molar-refractivity contribution in [2.24, 2.45) is 0 Å². The van der Waals surface area contributed by atoms with Gasteiger partial charge in [0.15, 0.2) is 7.28 Å². The molecule has 0 atom stereocenters. The Labute approximate surface area is 447 Å². The second-order valence-corrected chi connectivity index (χ2v) is 29.3. The Kier molecular flexibility index (Phi) is 10.1. The molecule has 1 aliphatic heterocycles. The molecule has 0 unspecified atom stereocenters. The molecule has 0 radical (unpaired) electrons. The molecule has 13 rings (SSSR count). The Morgan fingerprint density at radius 1 is 0.432 bits per heavy atom. The highest BCUT2D eigenvalue weighted by Gasteiger charge is 2.45. The molecular formula is C70H77BN2S. The van der Waals surface area contributed by atoms with Crippen molar-refractivity contribution in [3.05, 3.63) is 159 Å². The van der Waals surface area contributed by atoms with Crippen molar-refractivity contribution < 1.29 is 0 Å². The fourth-order valence-electron chi connectivity index (χ4n) is 15.0. The Hall–Kier alpha value is -5.58. The van der Waals surface area contributed by atoms with Crippen LogP contribution in [0.25, 0.3) is 42.4 Å². The number of aryl methyl sites for hydroxylation is 1. The minimum atomic E-state index is -0.230. The van der Waals surface area contributed by atoms with Crippen LogP contribution >= 0.6 is 11.3 Å². The van der Waals surface area contributed by atoms with E-state index in [2.05, 4.69) is 223 Å². The summed E-state index contributed by atoms with van der Waals surface area (Å²) >= 11 is 1.94. The molecule has 4 aliphatic carbocycles. The van der Waals surface area contributed by atoms with Gasteiger partial charge < -0.3 is 10.2 Å². The van der Waals surface area contributed by atoms with Gasteiger partial charge in [-0.15, -0.1) is 11.3 Å². The molecule has 1 aromatic heterocycles. The number of benzene rings is 7. The standard InChI is InChI=1S/C70H77BN2S/c1-40-32-48-52(69(12,13)31-28-65(48,4)5)37-56(40)73-57-35-44-42-20-17-19-23-59(42)74-60(44)39-54(57)71-63-58(73)38-53-61(43-21-16-18-22-46(43)70(53,14)15)62(63)45-34-50-51(68(10,11)30-29-67(50,8)9)36-55(45)72-41-24-25-47-49(33-41)66(6,7)27-26-64(47,2)3/h16-25,32-39,71-72H,26-31H2,1-15H3. The summed E-state index contributed by atoms with van der Waals surface area (Å²) < 4.78 is 2.72. The summed E-state index contributed by atoms with van der Waals surface area (Å²) in [5.41, 5.74) is 28.0. The molecule has 74 heavy (non-hydrogen) atoms. The molecule has 2 heterocycles. The van der Waals surface area contributed by atoms with E-state index in [9.17, 15) is 0 Å². The fourth-order valence-corrected chi connectivity index (χ4v) is 16.1. The molecule has 8 aromatic rings. The number of fused-ring (bicyclic) bond motifs is 11. The van der Waals surface area contributed by atoms with Gasteiger partial charge in [-0.05, 0) is 205 Å². The number of hydrogen-bond acceptors (Lipinski definition) is 3. The second kappa shape index (κ2) is 15.5. The van der Waals surface area contributed by atoms with Crippen molar-refractivity contribution in [2.45, 2.75) is 180 Å². The number of nitrogens with one attached hydrogen (secondary N) is 1. The largest absolute Gasteiger partial charge is 0.355 e. The number of nitrogens with zero attached hydrogens (tertiary/aromatic N) is 1. The van der Waals surface area contributed by atoms with Crippen LogP contribution in [0.3, 0.4) is 0 Å². The SMILES string of the molecule is Cc1cc2c(cc1N1c3cc4c(cc3Bc3c1cc1c(c3-c3cc5c(cc3Nc3ccc6c(c3)C(C)(C)CCC6(C)C)C(C)(C)CCC5(C)C)-c3ccccc3C1(C)C)sc1ccccc14)C(C)(C)CCC2(C)C. The highest BCUT2D eigenvalue weighted by Crippen LogP contribution is 2.58. The van der Waals surface area contributed by atoms with Crippen LogP contribution in [0.4, 0.5) is 28.4 Å². The number of anilines is 5. The quantitative estimate of drug-likeness (QED) is 0.177. The van der Waals surface area contributed by atoms with E-state index < -0.39 is 0 Å². The van der Waals surface area contributed by atoms with Gasteiger partial charge in [-0.3, -0.25) is 0 Å². The predicted molar refractivity (Wildman–Crippen MR) is 324 cm³/mol. The zero-order valence-corrected chi connectivity index (χ0v) is 48.0. The number of hydrogen-bond donors (Lipinski definition) is 1. The normalized spacial score (nSPS) is 20.3. The Bertz CT molecular complexity index is 3740. The molecule has 0 amide bonds. The summed E-state index contributed by atoms with van der Waals surface area (Å²) in [6.45, 7) is 37.1. The van der Waals surface area contributed by atoms with Gasteiger partial charge in [0, 0.05) is 59.6 Å². The molecule has 7 aromatic carbocycles. The van der Waals surface area contributed by atoms with Gasteiger partial charge in [-0.25, -0.2) is 0 Å². The van der Waals surface area contributed by atoms with Crippen LogP contribution in [0, 0.1) is 6.92 Å². The summed E-state index contributed by atoms with van der Waals surface area (Å²) in [5.74, 6) is 0. The molecule has 376 valence electrons. The van der Waals surface area contributed by atoms with Crippen molar-refractivity contribution >= 4 is 78.2 Å². The molecule has 1 N–H and O–H groups in total. The molecule has 0 fully saturated rings. The van der Waals surface area contributed by atoms with Crippen molar-refractivity contribution in [2.75, 3.05) is 10.2 Å². The Morgan fingerprint density at radius 2 is 0.986 bits per heavy atom. The first-order chi connectivity index (χ1) is 34.8. The minimum absolute atomic E-state index is 0.0149. The highest BCUT2D eigenvalue weighted by molar-refractivity contribution is 7.26. The first kappa shape index (κ1) is 48.1. The lowest BCUT2D eigenvalue weighted by molar-refractivity contribution is 0.332. The lowest BCUT2D eigenvalue weighted by atomic mass is 9.56. The van der Waals surface area contributed by atoms with Crippen LogP contribution in [0.15, 0.2) is 109 Å². The summed E-state index contributed by atoms with van der Waals surface area (Å²) in [5, 5.41) is 7.00. The van der Waals surface area contributed by atoms with Crippen molar-refractivity contribution in [3.63, 3.8) is 0 Å². The smallest absolute Gasteiger partial charge is 0.198 e. The maximum atomic E-state index is 4.29. The predicted octanol–water partition coefficient (Wildman–Crippen LogP) is 18.3. The van der Waals surface area contributed by atoms with Crippen LogP contribution in [-0.2, 0) is 37.9 Å². The van der Waals surface area contributed by atoms with Crippen LogP contribution in [0.1, 0.15) is 186 Å². The van der Waals surface area contributed by atoms with E-state index in [1.807, 2.05) is 11.3 Å². The van der Waals surface area contributed by atoms with Crippen LogP contribution < -0.4 is 21.1 Å². The zero-order valence-electron chi connectivity index (χ0n) is 47.2. The molecule has 5 aliphatic rings. The third-order valence-corrected chi connectivity index (χ3v) is 21.3. The molecule has 0 bridgehead atoms. The monoisotopic (exact) mass is 989 g/mol. The van der Waals surface area contributed by atoms with Crippen molar-refractivity contribution in [3.8, 4) is 22.3 Å². The van der Waals surface area contributed by atoms with Gasteiger partial charge in [0.25, 0.3) is 0 Å². The summed E-state index contributed by atoms with van der Waals surface area (Å²) in [6.07, 6.45) is 7.09. The third kappa shape index (κ3) is 6.94. The molecule has 0 saturated heterocycles. The Morgan fingerprint density at radius 3 is 1.66 bits per heavy atom. The number of rotatable bonds is 4. The van der Waals surface area contributed by atoms with Crippen molar-refractivity contribution in [1.82, 2.24) is 0 Å². The summed E-state index contributed by atoms with van der Waals surface area (Å²) in [6, 6.07) is 44.1. The topological polar surface area (TPSA) is 15.3 Å². The maximum absolute atomic E-state index is 4.29. The van der Waals surface area contributed by atoms with Gasteiger partial charge in [-0.2, -0.15) is 0 Å². The fraction of sp³-hybridized carbons (Fsp3) is 0.400. The summed E-state index contributed by atoms with van der Waals surface area (Å²) in [7, 11) is 0.840. The lowest BCUT2D eigenvalue weighted by Gasteiger charge is -2.44. The van der Waals surface area contributed by atoms with E-state index in [4.69, 9.17) is 0 Å². The second-order valence-electron chi connectivity index (χ2n) is 28.2. The third-order valence-electron chi connectivity index (χ3n) is 20.2. The average Bonchev–Trinajstić information content (AvgIpc) is 3.84. The van der Waals surface area contributed by atoms with Crippen molar-refractivity contribution in [1.29, 1.82) is 0 Å². The molecule has 0 saturated carbocycles. The molecule has 4 heteroatoms. The van der Waals surface area contributed by atoms with Gasteiger partial charge in [0.05, 0.1) is 0 Å². The van der Waals surface area contributed by atoms with E-state index in [1.54, 1.807) is 0 Å². The first-order valence-electron chi connectivity index (χ1n) is 28.1. The van der Waals surface area contributed by atoms with Gasteiger partial charge in [-0.1, -0.05) is 157 Å². The molecular weight excluding hydrogens is 912 g/mol. The van der Waals surface area contributed by atoms with E-state index in [0.29, 0.717) is 0 Å². The summed E-state index contributed by atoms with van der Waals surface area (Å²) in [4.78, 5) is 2.75. The minimum Gasteiger partial charge on any atom is -0.355 e. The van der Waals surface area contributed by atoms with Gasteiger partial charge in [0.1, 0.15) is 0 Å². The average molecular weight is 989 g/mol. The van der Waals surface area contributed by atoms with Crippen LogP contribution in [0.5, 0.6) is 0 Å². The van der Waals surface area contributed by atoms with Gasteiger partial charge in [0.2, 0.25) is 0 Å². The van der Waals surface area contributed by atoms with E-state index >= 15 is 0 Å². The van der Waals surface area contributed by atoms with E-state index in [1.165, 1.54) is 158 Å². The highest BCUT2D eigenvalue weighted by atomic mass is 32.1. The molecule has 2 nitrogen and oxygen atoms in total. The number of thiophene rings is 1. The van der Waals surface area contributed by atoms with E-state index in [0.717, 1.165) is 20.1 Å². The maximum Gasteiger partial charge on any atom is 0.198 e. The van der Waals surface area contributed by atoms with Crippen LogP contribution in [0.2, 0.25) is 0 Å². The van der Waals surface area contributed by atoms with E-state index in [-0.39, 0.29) is 37.9 Å². The lowest BCUT2D eigenvalue weighted by Crippen LogP contribution is -2.42. The zero-order chi connectivity index (χ0) is 52.0. The van der Waals surface area contributed by atoms with Gasteiger partial charge >= 0.3 is 0 Å². The Balaban J connectivity index is 1.15. The first-order valence-corrected chi connectivity index (χ1v) is 28.9.